The number of nitrogens with one attached hydrogen (secondary N) is 2. The number of urea groups is 1. The van der Waals surface area contributed by atoms with Gasteiger partial charge in [0, 0.05) is 74.2 Å². The topological polar surface area (TPSA) is 120 Å². The summed E-state index contributed by atoms with van der Waals surface area (Å²) in [5.74, 6) is 0.840. The van der Waals surface area contributed by atoms with Crippen molar-refractivity contribution in [2.45, 2.75) is 17.9 Å². The van der Waals surface area contributed by atoms with E-state index in [1.165, 1.54) is 24.5 Å². The van der Waals surface area contributed by atoms with Crippen LogP contribution in [0.15, 0.2) is 59.8 Å². The van der Waals surface area contributed by atoms with Gasteiger partial charge in [-0.2, -0.15) is 0 Å². The van der Waals surface area contributed by atoms with E-state index in [9.17, 15) is 13.2 Å². The monoisotopic (exact) mass is 537 g/mol. The zero-order valence-electron chi connectivity index (χ0n) is 21.4. The van der Waals surface area contributed by atoms with Gasteiger partial charge in [-0.1, -0.05) is 0 Å². The Labute approximate surface area is 222 Å². The molecule has 0 spiro atoms. The minimum atomic E-state index is -3.86. The Balaban J connectivity index is 1.29. The van der Waals surface area contributed by atoms with Crippen molar-refractivity contribution in [1.82, 2.24) is 19.8 Å². The Kier molecular flexibility index (Phi) is 7.34. The summed E-state index contributed by atoms with van der Waals surface area (Å²) in [5, 5.41) is 2.90. The number of carbonyl (C=O) groups is 1. The second kappa shape index (κ2) is 10.8. The average molecular weight is 538 g/mol. The highest BCUT2D eigenvalue weighted by Crippen LogP contribution is 2.36. The molecule has 2 aliphatic rings. The van der Waals surface area contributed by atoms with Gasteiger partial charge in [0.25, 0.3) is 10.0 Å². The van der Waals surface area contributed by atoms with Gasteiger partial charge in [-0.05, 0) is 55.9 Å². The van der Waals surface area contributed by atoms with Crippen molar-refractivity contribution in [3.8, 4) is 5.75 Å². The zero-order valence-corrected chi connectivity index (χ0v) is 22.2. The predicted octanol–water partition coefficient (Wildman–Crippen LogP) is 2.63. The summed E-state index contributed by atoms with van der Waals surface area (Å²) in [6.07, 6.45) is 3.59. The number of hydrogen-bond acceptors (Lipinski definition) is 8. The average Bonchev–Trinajstić information content (AvgIpc) is 2.93. The van der Waals surface area contributed by atoms with Crippen molar-refractivity contribution < 1.29 is 17.9 Å². The number of aromatic nitrogens is 2. The quantitative estimate of drug-likeness (QED) is 0.493. The summed E-state index contributed by atoms with van der Waals surface area (Å²) in [5.41, 5.74) is 3.92. The number of anilines is 3. The molecule has 5 rings (SSSR count). The fraction of sp³-hybridized carbons (Fsp3) is 0.346. The van der Waals surface area contributed by atoms with Gasteiger partial charge in [-0.3, -0.25) is 0 Å². The largest absolute Gasteiger partial charge is 0.496 e. The van der Waals surface area contributed by atoms with Crippen LogP contribution in [0.25, 0.3) is 0 Å². The van der Waals surface area contributed by atoms with Gasteiger partial charge in [0.15, 0.2) is 0 Å². The van der Waals surface area contributed by atoms with Crippen LogP contribution in [0.3, 0.4) is 0 Å². The van der Waals surface area contributed by atoms with E-state index in [1.54, 1.807) is 30.2 Å². The van der Waals surface area contributed by atoms with E-state index in [0.29, 0.717) is 25.2 Å². The third-order valence-electron chi connectivity index (χ3n) is 6.90. The second-order valence-corrected chi connectivity index (χ2v) is 11.0. The molecule has 1 fully saturated rings. The number of hydrogen-bond donors (Lipinski definition) is 2. The molecule has 200 valence electrons. The lowest BCUT2D eigenvalue weighted by molar-refractivity contribution is 0.206. The fourth-order valence-corrected chi connectivity index (χ4v) is 5.74. The van der Waals surface area contributed by atoms with E-state index in [-0.39, 0.29) is 16.9 Å². The number of carbonyl (C=O) groups excluding carboxylic acids is 1. The number of nitrogens with zero attached hydrogens (tertiary/aromatic N) is 5. The Morgan fingerprint density at radius 2 is 1.66 bits per heavy atom. The van der Waals surface area contributed by atoms with Crippen molar-refractivity contribution in [1.29, 1.82) is 0 Å². The van der Waals surface area contributed by atoms with Crippen LogP contribution in [0.5, 0.6) is 5.75 Å². The minimum Gasteiger partial charge on any atom is -0.496 e. The number of benzene rings is 2. The second-order valence-electron chi connectivity index (χ2n) is 9.34. The van der Waals surface area contributed by atoms with Gasteiger partial charge in [-0.25, -0.2) is 27.9 Å². The molecule has 12 heteroatoms. The first-order valence-electron chi connectivity index (χ1n) is 12.4. The number of sulfonamides is 1. The van der Waals surface area contributed by atoms with Crippen molar-refractivity contribution in [3.63, 3.8) is 0 Å². The molecule has 2 aliphatic heterocycles. The van der Waals surface area contributed by atoms with Crippen LogP contribution < -0.4 is 19.7 Å². The van der Waals surface area contributed by atoms with Crippen LogP contribution in [-0.4, -0.2) is 81.1 Å². The van der Waals surface area contributed by atoms with Crippen LogP contribution in [-0.2, 0) is 23.0 Å². The maximum atomic E-state index is 13.2. The Morgan fingerprint density at radius 3 is 2.34 bits per heavy atom. The van der Waals surface area contributed by atoms with Gasteiger partial charge in [-0.15, -0.1) is 0 Å². The lowest BCUT2D eigenvalue weighted by Crippen LogP contribution is -2.46. The molecule has 0 unspecified atom stereocenters. The van der Waals surface area contributed by atoms with Crippen LogP contribution in [0.1, 0.15) is 11.1 Å². The van der Waals surface area contributed by atoms with Crippen molar-refractivity contribution >= 4 is 33.4 Å². The van der Waals surface area contributed by atoms with Crippen LogP contribution in [0, 0.1) is 0 Å². The van der Waals surface area contributed by atoms with E-state index in [0.717, 1.165) is 48.7 Å². The van der Waals surface area contributed by atoms with Gasteiger partial charge in [0.05, 0.1) is 12.0 Å². The fourth-order valence-electron chi connectivity index (χ4n) is 4.79. The Bertz CT molecular complexity index is 1390. The highest BCUT2D eigenvalue weighted by molar-refractivity contribution is 7.92. The molecule has 3 heterocycles. The number of piperazine rings is 1. The normalized spacial score (nSPS) is 16.1. The number of methoxy groups -OCH3 is 1. The van der Waals surface area contributed by atoms with Crippen LogP contribution >= 0.6 is 0 Å². The standard InChI is InChI=1S/C26H31N7O4S/c1-31-14-16-32(17-15-31)23-8-9-24(37-2)21-10-13-33(18-22(21)23)26(34)29-19-4-6-20(7-5-19)38(35,36)30-25-27-11-3-12-28-25/h3-9,11-12H,10,13-18H2,1-2H3,(H,29,34)(H,27,28,30). The molecule has 2 N–H and O–H groups in total. The third-order valence-corrected chi connectivity index (χ3v) is 8.25. The zero-order chi connectivity index (χ0) is 26.7. The summed E-state index contributed by atoms with van der Waals surface area (Å²) in [7, 11) is -0.0507. The molecule has 1 saturated heterocycles. The summed E-state index contributed by atoms with van der Waals surface area (Å²) in [6, 6.07) is 11.5. The van der Waals surface area contributed by atoms with Gasteiger partial charge in [0.2, 0.25) is 5.95 Å². The SMILES string of the molecule is COc1ccc(N2CCN(C)CC2)c2c1CCN(C(=O)Nc1ccc(S(=O)(=O)Nc3ncccn3)cc1)C2. The summed E-state index contributed by atoms with van der Waals surface area (Å²) >= 11 is 0. The molecule has 11 nitrogen and oxygen atoms in total. The predicted molar refractivity (Wildman–Crippen MR) is 145 cm³/mol. The molecule has 1 aromatic heterocycles. The van der Waals surface area contributed by atoms with Crippen LogP contribution in [0.2, 0.25) is 0 Å². The number of ether oxygens (including phenoxy) is 1. The molecule has 2 amide bonds. The van der Waals surface area contributed by atoms with Gasteiger partial charge < -0.3 is 24.8 Å². The molecule has 2 aromatic carbocycles. The smallest absolute Gasteiger partial charge is 0.322 e. The van der Waals surface area contributed by atoms with E-state index in [2.05, 4.69) is 42.9 Å². The molecule has 0 bridgehead atoms. The highest BCUT2D eigenvalue weighted by Gasteiger charge is 2.28. The summed E-state index contributed by atoms with van der Waals surface area (Å²) < 4.78 is 33.2. The van der Waals surface area contributed by atoms with Gasteiger partial charge >= 0.3 is 6.03 Å². The van der Waals surface area contributed by atoms with Crippen molar-refractivity contribution in [2.24, 2.45) is 0 Å². The maximum Gasteiger partial charge on any atom is 0.322 e. The van der Waals surface area contributed by atoms with E-state index in [1.807, 2.05) is 6.07 Å². The molecule has 3 aromatic rings. The Morgan fingerprint density at radius 1 is 0.947 bits per heavy atom. The lowest BCUT2D eigenvalue weighted by Gasteiger charge is -2.38. The van der Waals surface area contributed by atoms with E-state index in [4.69, 9.17) is 4.74 Å². The molecular weight excluding hydrogens is 506 g/mol. The third kappa shape index (κ3) is 5.50. The van der Waals surface area contributed by atoms with Crippen molar-refractivity contribution in [2.75, 3.05) is 61.8 Å². The molecule has 38 heavy (non-hydrogen) atoms. The molecule has 0 radical (unpaired) electrons. The van der Waals surface area contributed by atoms with Gasteiger partial charge in [0.1, 0.15) is 5.75 Å². The summed E-state index contributed by atoms with van der Waals surface area (Å²) in [4.78, 5) is 27.5. The first-order chi connectivity index (χ1) is 18.3. The lowest BCUT2D eigenvalue weighted by atomic mass is 9.96. The van der Waals surface area contributed by atoms with Crippen LogP contribution in [0.4, 0.5) is 22.1 Å². The first-order valence-corrected chi connectivity index (χ1v) is 13.9. The number of amides is 2. The van der Waals surface area contributed by atoms with Crippen molar-refractivity contribution in [3.05, 3.63) is 66.0 Å². The number of rotatable bonds is 6. The molecule has 0 atom stereocenters. The summed E-state index contributed by atoms with van der Waals surface area (Å²) in [6.45, 7) is 4.86. The molecule has 0 saturated carbocycles. The van der Waals surface area contributed by atoms with E-state index < -0.39 is 10.0 Å². The first kappa shape index (κ1) is 25.7. The number of fused-ring (bicyclic) bond motifs is 1. The number of likely N-dealkylation sites (N-methyl/N-ethyl adjacent to an activating group) is 1. The molecule has 0 aliphatic carbocycles. The highest BCUT2D eigenvalue weighted by atomic mass is 32.2. The Hall–Kier alpha value is -3.90. The maximum absolute atomic E-state index is 13.2. The minimum absolute atomic E-state index is 0.0113. The van der Waals surface area contributed by atoms with E-state index >= 15 is 0 Å². The molecular formula is C26H31N7O4S.